The van der Waals surface area contributed by atoms with Crippen LogP contribution in [0.5, 0.6) is 0 Å². The summed E-state index contributed by atoms with van der Waals surface area (Å²) in [5, 5.41) is 8.13. The molecule has 7 heterocycles. The number of piperidine rings is 5. The van der Waals surface area contributed by atoms with Crippen LogP contribution in [0.4, 0.5) is 0 Å². The third kappa shape index (κ3) is 2.23. The summed E-state index contributed by atoms with van der Waals surface area (Å²) in [6, 6.07) is 3.31. The van der Waals surface area contributed by atoms with Crippen molar-refractivity contribution in [1.29, 1.82) is 0 Å². The van der Waals surface area contributed by atoms with Crippen LogP contribution in [-0.2, 0) is 0 Å². The Kier molecular flexibility index (Phi) is 3.68. The average Bonchev–Trinajstić information content (AvgIpc) is 2.97. The lowest BCUT2D eigenvalue weighted by Gasteiger charge is -2.65. The van der Waals surface area contributed by atoms with Gasteiger partial charge in [-0.2, -0.15) is 0 Å². The van der Waals surface area contributed by atoms with Crippen LogP contribution in [0.2, 0.25) is 0 Å². The quantitative estimate of drug-likeness (QED) is 0.795. The monoisotopic (exact) mass is 357 g/mol. The van der Waals surface area contributed by atoms with Gasteiger partial charge < -0.3 is 15.5 Å². The van der Waals surface area contributed by atoms with Crippen molar-refractivity contribution >= 4 is 0 Å². The smallest absolute Gasteiger partial charge is 0.0119 e. The Balaban J connectivity index is 1.30. The van der Waals surface area contributed by atoms with Crippen LogP contribution < -0.4 is 10.6 Å². The molecular weight excluding hydrogens is 318 g/mol. The molecule has 3 heteroatoms. The van der Waals surface area contributed by atoms with Crippen LogP contribution in [0.1, 0.15) is 59.3 Å². The maximum Gasteiger partial charge on any atom is 0.0119 e. The molecule has 1 aliphatic carbocycles. The van der Waals surface area contributed by atoms with Crippen molar-refractivity contribution in [3.05, 3.63) is 0 Å². The van der Waals surface area contributed by atoms with Crippen molar-refractivity contribution in [2.75, 3.05) is 19.6 Å². The third-order valence-electron chi connectivity index (χ3n) is 10.4. The zero-order valence-corrected chi connectivity index (χ0v) is 17.1. The molecule has 0 aromatic carbocycles. The van der Waals surface area contributed by atoms with Gasteiger partial charge in [0.15, 0.2) is 0 Å². The lowest BCUT2D eigenvalue weighted by molar-refractivity contribution is -0.134. The Morgan fingerprint density at radius 2 is 1.58 bits per heavy atom. The highest BCUT2D eigenvalue weighted by molar-refractivity contribution is 5.14. The van der Waals surface area contributed by atoms with E-state index in [4.69, 9.17) is 0 Å². The number of fused-ring (bicyclic) bond motifs is 8. The van der Waals surface area contributed by atoms with E-state index in [1.54, 1.807) is 0 Å². The zero-order valence-electron chi connectivity index (χ0n) is 17.1. The van der Waals surface area contributed by atoms with Crippen LogP contribution in [0.25, 0.3) is 0 Å². The van der Waals surface area contributed by atoms with E-state index in [1.165, 1.54) is 58.2 Å². The lowest BCUT2D eigenvalue weighted by Crippen LogP contribution is -2.73. The highest BCUT2D eigenvalue weighted by Crippen LogP contribution is 2.58. The molecule has 0 aromatic rings. The molecule has 6 bridgehead atoms. The SMILES string of the molecule is C[C@@H]1C(C2C3CCC(C[C@H]2C)N3)C2CC(N2)C1C1CN2CCC1(C)CC2. The summed E-state index contributed by atoms with van der Waals surface area (Å²) in [5.74, 6) is 5.51. The van der Waals surface area contributed by atoms with Gasteiger partial charge in [-0.1, -0.05) is 20.8 Å². The second kappa shape index (κ2) is 5.70. The normalized spacial score (nSPS) is 63.6. The first kappa shape index (κ1) is 16.8. The Hall–Kier alpha value is -0.120. The highest BCUT2D eigenvalue weighted by atomic mass is 15.2. The van der Waals surface area contributed by atoms with Crippen molar-refractivity contribution in [3.63, 3.8) is 0 Å². The van der Waals surface area contributed by atoms with E-state index < -0.39 is 0 Å². The summed E-state index contributed by atoms with van der Waals surface area (Å²) in [6.07, 6.45) is 8.69. The first-order chi connectivity index (χ1) is 12.5. The average molecular weight is 358 g/mol. The van der Waals surface area contributed by atoms with Crippen molar-refractivity contribution in [2.24, 2.45) is 40.9 Å². The van der Waals surface area contributed by atoms with Gasteiger partial charge in [-0.25, -0.2) is 0 Å². The van der Waals surface area contributed by atoms with E-state index in [0.29, 0.717) is 5.41 Å². The van der Waals surface area contributed by atoms with Gasteiger partial charge >= 0.3 is 0 Å². The van der Waals surface area contributed by atoms with Crippen LogP contribution in [-0.4, -0.2) is 48.7 Å². The van der Waals surface area contributed by atoms with E-state index in [-0.39, 0.29) is 0 Å². The summed E-state index contributed by atoms with van der Waals surface area (Å²) in [5.41, 5.74) is 0.622. The maximum atomic E-state index is 4.11. The molecule has 8 rings (SSSR count). The fourth-order valence-corrected chi connectivity index (χ4v) is 9.01. The van der Waals surface area contributed by atoms with Crippen molar-refractivity contribution < 1.29 is 0 Å². The van der Waals surface area contributed by atoms with Gasteiger partial charge in [-0.05, 0) is 92.5 Å². The van der Waals surface area contributed by atoms with Crippen LogP contribution in [0.3, 0.4) is 0 Å². The number of rotatable bonds is 2. The van der Waals surface area contributed by atoms with E-state index in [2.05, 4.69) is 36.3 Å². The third-order valence-corrected chi connectivity index (χ3v) is 10.4. The summed E-state index contributed by atoms with van der Waals surface area (Å²) in [4.78, 5) is 2.79. The van der Waals surface area contributed by atoms with Gasteiger partial charge in [0.05, 0.1) is 0 Å². The second-order valence-corrected chi connectivity index (χ2v) is 11.5. The van der Waals surface area contributed by atoms with Crippen molar-refractivity contribution in [3.8, 4) is 0 Å². The van der Waals surface area contributed by atoms with E-state index in [1.807, 2.05) is 0 Å². The number of nitrogens with zero attached hydrogens (tertiary/aromatic N) is 1. The zero-order chi connectivity index (χ0) is 17.6. The van der Waals surface area contributed by atoms with Gasteiger partial charge in [0.25, 0.3) is 0 Å². The summed E-state index contributed by atoms with van der Waals surface area (Å²) >= 11 is 0. The first-order valence-electron chi connectivity index (χ1n) is 11.8. The minimum atomic E-state index is 0.622. The van der Waals surface area contributed by atoms with E-state index >= 15 is 0 Å². The second-order valence-electron chi connectivity index (χ2n) is 11.5. The molecule has 7 saturated heterocycles. The molecule has 10 atom stereocenters. The molecule has 7 aliphatic heterocycles. The fourth-order valence-electron chi connectivity index (χ4n) is 9.01. The summed E-state index contributed by atoms with van der Waals surface area (Å²) in [6.45, 7) is 12.0. The molecule has 0 radical (unpaired) electrons. The fraction of sp³-hybridized carbons (Fsp3) is 1.00. The summed E-state index contributed by atoms with van der Waals surface area (Å²) in [7, 11) is 0. The predicted octanol–water partition coefficient (Wildman–Crippen LogP) is 3.11. The van der Waals surface area contributed by atoms with Crippen LogP contribution in [0, 0.1) is 40.9 Å². The maximum absolute atomic E-state index is 4.11. The summed E-state index contributed by atoms with van der Waals surface area (Å²) < 4.78 is 0. The van der Waals surface area contributed by atoms with E-state index in [9.17, 15) is 0 Å². The Morgan fingerprint density at radius 3 is 2.31 bits per heavy atom. The van der Waals surface area contributed by atoms with Crippen molar-refractivity contribution in [1.82, 2.24) is 15.5 Å². The Morgan fingerprint density at radius 1 is 0.846 bits per heavy atom. The number of hydrogen-bond acceptors (Lipinski definition) is 3. The molecule has 0 amide bonds. The predicted molar refractivity (Wildman–Crippen MR) is 106 cm³/mol. The largest absolute Gasteiger partial charge is 0.311 e. The van der Waals surface area contributed by atoms with Gasteiger partial charge in [0.2, 0.25) is 0 Å². The standard InChI is InChI=1S/C23H39N3/c1-13-10-15-4-5-17(24-15)20(13)22-14(2)21(18-11-19(22)25-18)16-12-26-8-6-23(16,3)7-9-26/h13-22,24-25H,4-12H2,1-3H3/t13-,14+,15?,16?,17?,18?,19?,20?,21?,22?/m1/s1. The minimum absolute atomic E-state index is 0.622. The topological polar surface area (TPSA) is 27.3 Å². The highest BCUT2D eigenvalue weighted by Gasteiger charge is 2.60. The molecule has 0 spiro atoms. The molecule has 2 N–H and O–H groups in total. The van der Waals surface area contributed by atoms with Crippen molar-refractivity contribution in [2.45, 2.75) is 83.5 Å². The molecule has 8 aliphatic rings. The molecule has 26 heavy (non-hydrogen) atoms. The van der Waals surface area contributed by atoms with E-state index in [0.717, 1.165) is 59.7 Å². The molecule has 146 valence electrons. The van der Waals surface area contributed by atoms with Crippen LogP contribution >= 0.6 is 0 Å². The minimum Gasteiger partial charge on any atom is -0.311 e. The van der Waals surface area contributed by atoms with Crippen LogP contribution in [0.15, 0.2) is 0 Å². The molecule has 0 aromatic heterocycles. The Bertz CT molecular complexity index is 548. The number of nitrogens with one attached hydrogen (secondary N) is 2. The molecule has 8 fully saturated rings. The van der Waals surface area contributed by atoms with Gasteiger partial charge in [-0.3, -0.25) is 0 Å². The van der Waals surface area contributed by atoms with Gasteiger partial charge in [0.1, 0.15) is 0 Å². The lowest BCUT2D eigenvalue weighted by atomic mass is 9.49. The molecule has 1 saturated carbocycles. The number of hydrogen-bond donors (Lipinski definition) is 2. The Labute approximate surface area is 160 Å². The van der Waals surface area contributed by atoms with Gasteiger partial charge in [0, 0.05) is 30.7 Å². The molecular formula is C23H39N3. The molecule has 3 nitrogen and oxygen atoms in total. The first-order valence-corrected chi connectivity index (χ1v) is 11.8. The van der Waals surface area contributed by atoms with Gasteiger partial charge in [-0.15, -0.1) is 0 Å². The molecule has 8 unspecified atom stereocenters.